The molecule has 0 aliphatic carbocycles. The van der Waals surface area contributed by atoms with Crippen LogP contribution in [0.15, 0.2) is 10.2 Å². The molecule has 126 valence electrons. The van der Waals surface area contributed by atoms with Gasteiger partial charge in [-0.15, -0.1) is 0 Å². The number of rotatable bonds is 11. The smallest absolute Gasteiger partial charge is 0.240 e. The zero-order valence-electron chi connectivity index (χ0n) is 14.4. The minimum absolute atomic E-state index is 0.104. The number of carbonyl (C=O) groups is 2. The van der Waals surface area contributed by atoms with Gasteiger partial charge in [0.2, 0.25) is 11.8 Å². The van der Waals surface area contributed by atoms with Gasteiger partial charge in [0.15, 0.2) is 0 Å². The fraction of sp³-hybridized carbons (Fsp3) is 0.750. The predicted octanol–water partition coefficient (Wildman–Crippen LogP) is 3.13. The van der Waals surface area contributed by atoms with Crippen LogP contribution in [0.2, 0.25) is 0 Å². The Morgan fingerprint density at radius 3 is 1.41 bits per heavy atom. The first-order chi connectivity index (χ1) is 10.5. The number of hydrogen-bond donors (Lipinski definition) is 2. The molecule has 0 heterocycles. The van der Waals surface area contributed by atoms with E-state index in [-0.39, 0.29) is 11.8 Å². The van der Waals surface area contributed by atoms with Gasteiger partial charge in [-0.05, 0) is 39.5 Å². The second-order valence-corrected chi connectivity index (χ2v) is 5.47. The molecule has 0 aromatic heterocycles. The quantitative estimate of drug-likeness (QED) is 0.349. The largest absolute Gasteiger partial charge is 0.273 e. The third-order valence-corrected chi connectivity index (χ3v) is 3.02. The Kier molecular flexibility index (Phi) is 12.0. The maximum Gasteiger partial charge on any atom is 0.240 e. The molecule has 22 heavy (non-hydrogen) atoms. The van der Waals surface area contributed by atoms with E-state index in [9.17, 15) is 9.59 Å². The summed E-state index contributed by atoms with van der Waals surface area (Å²) in [4.78, 5) is 23.1. The van der Waals surface area contributed by atoms with Crippen molar-refractivity contribution in [2.24, 2.45) is 10.2 Å². The Labute approximate surface area is 133 Å². The Hall–Kier alpha value is -1.72. The van der Waals surface area contributed by atoms with E-state index in [4.69, 9.17) is 0 Å². The van der Waals surface area contributed by atoms with Crippen LogP contribution >= 0.6 is 0 Å². The zero-order chi connectivity index (χ0) is 16.8. The van der Waals surface area contributed by atoms with Crippen LogP contribution in [0.3, 0.4) is 0 Å². The molecule has 0 bridgehead atoms. The van der Waals surface area contributed by atoms with E-state index in [2.05, 4.69) is 34.9 Å². The summed E-state index contributed by atoms with van der Waals surface area (Å²) in [5, 5.41) is 8.03. The predicted molar refractivity (Wildman–Crippen MR) is 90.8 cm³/mol. The van der Waals surface area contributed by atoms with Crippen LogP contribution in [0.5, 0.6) is 0 Å². The van der Waals surface area contributed by atoms with Crippen molar-refractivity contribution >= 4 is 23.2 Å². The van der Waals surface area contributed by atoms with E-state index in [0.717, 1.165) is 37.1 Å². The lowest BCUT2D eigenvalue weighted by molar-refractivity contribution is -0.123. The van der Waals surface area contributed by atoms with Crippen LogP contribution in [0.25, 0.3) is 0 Å². The Bertz CT molecular complexity index is 365. The number of hydrazone groups is 2. The van der Waals surface area contributed by atoms with Crippen molar-refractivity contribution in [3.8, 4) is 0 Å². The van der Waals surface area contributed by atoms with Crippen molar-refractivity contribution in [3.05, 3.63) is 0 Å². The van der Waals surface area contributed by atoms with Gasteiger partial charge in [0, 0.05) is 24.3 Å². The Morgan fingerprint density at radius 2 is 1.09 bits per heavy atom. The first kappa shape index (κ1) is 20.3. The zero-order valence-corrected chi connectivity index (χ0v) is 14.4. The molecule has 0 saturated carbocycles. The summed E-state index contributed by atoms with van der Waals surface area (Å²) >= 11 is 0. The number of unbranched alkanes of at least 4 members (excludes halogenated alkanes) is 1. The fourth-order valence-electron chi connectivity index (χ4n) is 1.83. The van der Waals surface area contributed by atoms with Crippen LogP contribution in [-0.4, -0.2) is 23.2 Å². The van der Waals surface area contributed by atoms with Crippen molar-refractivity contribution in [1.29, 1.82) is 0 Å². The topological polar surface area (TPSA) is 82.9 Å². The highest BCUT2D eigenvalue weighted by molar-refractivity contribution is 5.85. The first-order valence-corrected chi connectivity index (χ1v) is 8.13. The maximum atomic E-state index is 11.5. The molecule has 2 amide bonds. The normalized spacial score (nSPS) is 12.2. The lowest BCUT2D eigenvalue weighted by atomic mass is 10.2. The van der Waals surface area contributed by atoms with Gasteiger partial charge in [-0.1, -0.05) is 26.7 Å². The molecule has 6 nitrogen and oxygen atoms in total. The van der Waals surface area contributed by atoms with Crippen LogP contribution in [0.4, 0.5) is 0 Å². The van der Waals surface area contributed by atoms with Crippen LogP contribution < -0.4 is 10.9 Å². The summed E-state index contributed by atoms with van der Waals surface area (Å²) in [5.41, 5.74) is 6.93. The average Bonchev–Trinajstić information content (AvgIpc) is 2.48. The van der Waals surface area contributed by atoms with Gasteiger partial charge in [0.25, 0.3) is 0 Å². The molecule has 0 fully saturated rings. The summed E-state index contributed by atoms with van der Waals surface area (Å²) in [6.45, 7) is 7.93. The van der Waals surface area contributed by atoms with E-state index in [0.29, 0.717) is 25.7 Å². The number of amides is 2. The molecule has 0 saturated heterocycles. The molecule has 0 aromatic rings. The van der Waals surface area contributed by atoms with Gasteiger partial charge in [-0.3, -0.25) is 9.59 Å². The standard InChI is InChI=1S/C16H30N4O2/c1-5-9-13(3)17-19-15(21)11-7-8-12-16(22)20-18-14(4)10-6-2/h5-12H2,1-4H3,(H,19,21)(H,20,22)/b17-13+,18-14+. The Morgan fingerprint density at radius 1 is 0.727 bits per heavy atom. The molecular weight excluding hydrogens is 280 g/mol. The first-order valence-electron chi connectivity index (χ1n) is 8.13. The molecule has 0 radical (unpaired) electrons. The Balaban J connectivity index is 3.75. The van der Waals surface area contributed by atoms with Crippen molar-refractivity contribution in [2.75, 3.05) is 0 Å². The number of nitrogens with zero attached hydrogens (tertiary/aromatic N) is 2. The number of hydrogen-bond acceptors (Lipinski definition) is 4. The van der Waals surface area contributed by atoms with Gasteiger partial charge < -0.3 is 0 Å². The lowest BCUT2D eigenvalue weighted by Gasteiger charge is -2.03. The molecule has 0 aliphatic rings. The third kappa shape index (κ3) is 12.1. The van der Waals surface area contributed by atoms with Crippen molar-refractivity contribution in [3.63, 3.8) is 0 Å². The molecule has 0 rings (SSSR count). The third-order valence-electron chi connectivity index (χ3n) is 3.02. The summed E-state index contributed by atoms with van der Waals surface area (Å²) in [7, 11) is 0. The summed E-state index contributed by atoms with van der Waals surface area (Å²) in [5.74, 6) is -0.208. The van der Waals surface area contributed by atoms with Crippen molar-refractivity contribution in [2.45, 2.75) is 79.1 Å². The minimum atomic E-state index is -0.104. The highest BCUT2D eigenvalue weighted by Gasteiger charge is 2.03. The molecule has 6 heteroatoms. The maximum absolute atomic E-state index is 11.5. The second kappa shape index (κ2) is 13.0. The van der Waals surface area contributed by atoms with E-state index >= 15 is 0 Å². The van der Waals surface area contributed by atoms with Crippen LogP contribution in [0.1, 0.15) is 79.1 Å². The molecule has 0 aromatic carbocycles. The molecule has 0 unspecified atom stereocenters. The summed E-state index contributed by atoms with van der Waals surface area (Å²) in [6, 6.07) is 0. The van der Waals surface area contributed by atoms with Gasteiger partial charge in [-0.25, -0.2) is 10.9 Å². The monoisotopic (exact) mass is 310 g/mol. The van der Waals surface area contributed by atoms with Gasteiger partial charge in [0.1, 0.15) is 0 Å². The highest BCUT2D eigenvalue weighted by Crippen LogP contribution is 2.00. The van der Waals surface area contributed by atoms with Crippen LogP contribution in [-0.2, 0) is 9.59 Å². The average molecular weight is 310 g/mol. The van der Waals surface area contributed by atoms with Crippen LogP contribution in [0, 0.1) is 0 Å². The van der Waals surface area contributed by atoms with E-state index in [1.807, 2.05) is 13.8 Å². The molecule has 0 aliphatic heterocycles. The number of carbonyl (C=O) groups excluding carboxylic acids is 2. The molecule has 0 spiro atoms. The van der Waals surface area contributed by atoms with Crippen molar-refractivity contribution in [1.82, 2.24) is 10.9 Å². The van der Waals surface area contributed by atoms with Gasteiger partial charge >= 0.3 is 0 Å². The van der Waals surface area contributed by atoms with Gasteiger partial charge in [0.05, 0.1) is 0 Å². The van der Waals surface area contributed by atoms with Crippen molar-refractivity contribution < 1.29 is 9.59 Å². The molecule has 0 atom stereocenters. The summed E-state index contributed by atoms with van der Waals surface area (Å²) < 4.78 is 0. The van der Waals surface area contributed by atoms with E-state index < -0.39 is 0 Å². The second-order valence-electron chi connectivity index (χ2n) is 5.47. The van der Waals surface area contributed by atoms with E-state index in [1.54, 1.807) is 0 Å². The lowest BCUT2D eigenvalue weighted by Crippen LogP contribution is -2.20. The number of nitrogens with one attached hydrogen (secondary N) is 2. The SMILES string of the molecule is CCC/C(C)=N/NC(=O)CCCCC(=O)N/N=C(\C)CCC. The molecular formula is C16H30N4O2. The molecule has 2 N–H and O–H groups in total. The minimum Gasteiger partial charge on any atom is -0.273 e. The fourth-order valence-corrected chi connectivity index (χ4v) is 1.83. The van der Waals surface area contributed by atoms with Gasteiger partial charge in [-0.2, -0.15) is 10.2 Å². The van der Waals surface area contributed by atoms with E-state index in [1.165, 1.54) is 0 Å². The summed E-state index contributed by atoms with van der Waals surface area (Å²) in [6.07, 6.45) is 5.90. The highest BCUT2D eigenvalue weighted by atomic mass is 16.2.